The van der Waals surface area contributed by atoms with E-state index in [0.717, 1.165) is 52.2 Å². The number of anilines is 1. The number of likely N-dealkylation sites (tertiary alicyclic amines) is 1. The molecule has 2 aliphatic heterocycles. The molecular weight excluding hydrogens is 500 g/mol. The fraction of sp³-hybridized carbons (Fsp3) is 0.414. The van der Waals surface area contributed by atoms with Gasteiger partial charge in [0.15, 0.2) is 5.54 Å². The summed E-state index contributed by atoms with van der Waals surface area (Å²) in [6.45, 7) is 10.6. The minimum atomic E-state index is -1.04. The number of aromatic nitrogens is 1. The lowest BCUT2D eigenvalue weighted by atomic mass is 9.79. The zero-order valence-electron chi connectivity index (χ0n) is 22.6. The van der Waals surface area contributed by atoms with Gasteiger partial charge in [-0.1, -0.05) is 41.6 Å². The summed E-state index contributed by atoms with van der Waals surface area (Å²) in [6, 6.07) is 15.8. The van der Waals surface area contributed by atoms with Gasteiger partial charge in [-0.25, -0.2) is 4.79 Å². The first-order valence-corrected chi connectivity index (χ1v) is 12.8. The fourth-order valence-corrected chi connectivity index (χ4v) is 5.67. The van der Waals surface area contributed by atoms with E-state index in [4.69, 9.17) is 9.26 Å². The van der Waals surface area contributed by atoms with E-state index < -0.39 is 17.2 Å². The normalized spacial score (nSPS) is 21.3. The van der Waals surface area contributed by atoms with Crippen LogP contribution in [0.5, 0.6) is 0 Å². The van der Waals surface area contributed by atoms with Crippen LogP contribution < -0.4 is 10.6 Å². The van der Waals surface area contributed by atoms with E-state index in [0.29, 0.717) is 13.1 Å². The highest BCUT2D eigenvalue weighted by molar-refractivity contribution is 7.59. The Labute approximate surface area is 230 Å². The third kappa shape index (κ3) is 4.92. The summed E-state index contributed by atoms with van der Waals surface area (Å²) in [5, 5.41) is 10.3. The molecule has 2 amide bonds. The molecule has 38 heavy (non-hydrogen) atoms. The Kier molecular flexibility index (Phi) is 7.63. The van der Waals surface area contributed by atoms with Crippen LogP contribution in [0.3, 0.4) is 0 Å². The van der Waals surface area contributed by atoms with Gasteiger partial charge >= 0.3 is 6.09 Å². The van der Waals surface area contributed by atoms with Crippen molar-refractivity contribution in [3.8, 4) is 11.1 Å². The molecule has 2 aromatic carbocycles. The Morgan fingerprint density at radius 2 is 1.92 bits per heavy atom. The first-order chi connectivity index (χ1) is 17.6. The van der Waals surface area contributed by atoms with Crippen LogP contribution in [-0.2, 0) is 15.1 Å². The zero-order valence-corrected chi connectivity index (χ0v) is 23.6. The smallest absolute Gasteiger partial charge is 0.407 e. The van der Waals surface area contributed by atoms with Crippen molar-refractivity contribution in [3.63, 3.8) is 0 Å². The van der Waals surface area contributed by atoms with Gasteiger partial charge in [-0.2, -0.15) is 13.5 Å². The molecule has 1 saturated heterocycles. The molecule has 3 heterocycles. The molecule has 1 unspecified atom stereocenters. The molecule has 0 aliphatic carbocycles. The first-order valence-electron chi connectivity index (χ1n) is 12.8. The number of nitrogens with zero attached hydrogens (tertiary/aromatic N) is 2. The van der Waals surface area contributed by atoms with Gasteiger partial charge in [0.2, 0.25) is 0 Å². The molecule has 202 valence electrons. The van der Waals surface area contributed by atoms with Crippen LogP contribution in [0, 0.1) is 13.8 Å². The number of carbonyl (C=O) groups excluding carboxylic acids is 2. The molecule has 1 aromatic heterocycles. The van der Waals surface area contributed by atoms with Gasteiger partial charge in [0, 0.05) is 29.4 Å². The highest BCUT2D eigenvalue weighted by Gasteiger charge is 2.53. The van der Waals surface area contributed by atoms with Crippen molar-refractivity contribution in [1.29, 1.82) is 0 Å². The molecule has 8 nitrogen and oxygen atoms in total. The number of hydrogen-bond acceptors (Lipinski definition) is 6. The van der Waals surface area contributed by atoms with Gasteiger partial charge in [0.1, 0.15) is 11.4 Å². The maximum atomic E-state index is 14.0. The van der Waals surface area contributed by atoms with Crippen LogP contribution >= 0.6 is 13.5 Å². The Balaban J connectivity index is 0.00000336. The number of piperidine rings is 1. The topological polar surface area (TPSA) is 96.7 Å². The third-order valence-corrected chi connectivity index (χ3v) is 7.12. The van der Waals surface area contributed by atoms with Crippen molar-refractivity contribution in [1.82, 2.24) is 15.4 Å². The van der Waals surface area contributed by atoms with Crippen LogP contribution in [0.15, 0.2) is 53.1 Å². The second kappa shape index (κ2) is 10.5. The van der Waals surface area contributed by atoms with E-state index in [2.05, 4.69) is 26.8 Å². The van der Waals surface area contributed by atoms with E-state index in [1.54, 1.807) is 0 Å². The summed E-state index contributed by atoms with van der Waals surface area (Å²) in [4.78, 5) is 28.8. The van der Waals surface area contributed by atoms with Crippen LogP contribution in [-0.4, -0.2) is 46.8 Å². The maximum Gasteiger partial charge on any atom is 0.407 e. The summed E-state index contributed by atoms with van der Waals surface area (Å²) < 4.78 is 10.9. The number of ether oxygens (including phenoxy) is 1. The predicted octanol–water partition coefficient (Wildman–Crippen LogP) is 5.26. The number of benzene rings is 2. The van der Waals surface area contributed by atoms with Gasteiger partial charge in [-0.15, -0.1) is 0 Å². The summed E-state index contributed by atoms with van der Waals surface area (Å²) in [6.07, 6.45) is 1.21. The molecule has 2 aliphatic rings. The van der Waals surface area contributed by atoms with E-state index in [1.165, 1.54) is 0 Å². The molecule has 5 rings (SSSR count). The van der Waals surface area contributed by atoms with Gasteiger partial charge in [0.05, 0.1) is 5.69 Å². The molecule has 1 fully saturated rings. The first kappa shape index (κ1) is 27.7. The number of carbonyl (C=O) groups is 2. The molecule has 2 N–H and O–H groups in total. The quantitative estimate of drug-likeness (QED) is 0.472. The SMILES string of the molecule is Cc1noc(C)c1-c1ccc2c(c1)C(c1ccccc1)(N1CCC[C@H](NC(=O)OC(C)(C)C)C1)C(=O)N2.S. The second-order valence-electron chi connectivity index (χ2n) is 10.9. The standard InChI is InChI=1S/C29H34N4O4.H2S/c1-18-25(19(2)37-32-18)20-13-14-24-23(16-20)29(26(34)31-24,21-10-7-6-8-11-21)33-15-9-12-22(17-33)30-27(35)36-28(3,4)5;/h6-8,10-11,13-14,16,22H,9,12,15,17H2,1-5H3,(H,30,35)(H,31,34);1H2/t22-,29?;/m0./s1. The van der Waals surface area contributed by atoms with Crippen molar-refractivity contribution < 1.29 is 18.8 Å². The number of amides is 2. The average molecular weight is 537 g/mol. The molecule has 0 saturated carbocycles. The molecule has 0 radical (unpaired) electrons. The lowest BCUT2D eigenvalue weighted by Gasteiger charge is -2.44. The number of nitrogens with one attached hydrogen (secondary N) is 2. The lowest BCUT2D eigenvalue weighted by molar-refractivity contribution is -0.126. The molecule has 3 aromatic rings. The summed E-state index contributed by atoms with van der Waals surface area (Å²) in [5.41, 5.74) is 3.63. The van der Waals surface area contributed by atoms with E-state index in [-0.39, 0.29) is 25.4 Å². The monoisotopic (exact) mass is 536 g/mol. The van der Waals surface area contributed by atoms with Gasteiger partial charge in [-0.3, -0.25) is 9.69 Å². The number of alkyl carbamates (subject to hydrolysis) is 1. The van der Waals surface area contributed by atoms with Gasteiger partial charge in [-0.05, 0) is 77.3 Å². The fourth-order valence-electron chi connectivity index (χ4n) is 5.67. The molecule has 0 spiro atoms. The number of rotatable bonds is 4. The molecular formula is C29H36N4O4S. The minimum absolute atomic E-state index is 0. The second-order valence-corrected chi connectivity index (χ2v) is 10.9. The van der Waals surface area contributed by atoms with Crippen LogP contribution in [0.2, 0.25) is 0 Å². The zero-order chi connectivity index (χ0) is 26.4. The van der Waals surface area contributed by atoms with Gasteiger partial charge in [0.25, 0.3) is 5.91 Å². The Morgan fingerprint density at radius 3 is 2.58 bits per heavy atom. The number of aryl methyl sites for hydroxylation is 2. The minimum Gasteiger partial charge on any atom is -0.444 e. The molecule has 9 heteroatoms. The maximum absolute atomic E-state index is 14.0. The van der Waals surface area contributed by atoms with Crippen LogP contribution in [0.25, 0.3) is 11.1 Å². The van der Waals surface area contributed by atoms with Gasteiger partial charge < -0.3 is 19.9 Å². The van der Waals surface area contributed by atoms with E-state index in [1.807, 2.05) is 77.1 Å². The number of fused-ring (bicyclic) bond motifs is 1. The highest BCUT2D eigenvalue weighted by atomic mass is 32.1. The summed E-state index contributed by atoms with van der Waals surface area (Å²) in [5.74, 6) is 0.641. The summed E-state index contributed by atoms with van der Waals surface area (Å²) >= 11 is 0. The number of hydrogen-bond donors (Lipinski definition) is 2. The van der Waals surface area contributed by atoms with Crippen molar-refractivity contribution >= 4 is 31.2 Å². The third-order valence-electron chi connectivity index (χ3n) is 7.12. The van der Waals surface area contributed by atoms with E-state index in [9.17, 15) is 9.59 Å². The van der Waals surface area contributed by atoms with Crippen molar-refractivity contribution in [3.05, 3.63) is 71.1 Å². The lowest BCUT2D eigenvalue weighted by Crippen LogP contribution is -2.59. The molecule has 0 bridgehead atoms. The molecule has 2 atom stereocenters. The van der Waals surface area contributed by atoms with Crippen molar-refractivity contribution in [2.75, 3.05) is 18.4 Å². The van der Waals surface area contributed by atoms with Crippen LogP contribution in [0.4, 0.5) is 10.5 Å². The Bertz CT molecular complexity index is 1310. The predicted molar refractivity (Wildman–Crippen MR) is 152 cm³/mol. The van der Waals surface area contributed by atoms with Crippen molar-refractivity contribution in [2.24, 2.45) is 0 Å². The van der Waals surface area contributed by atoms with E-state index >= 15 is 0 Å². The highest BCUT2D eigenvalue weighted by Crippen LogP contribution is 2.48. The Hall–Kier alpha value is -3.30. The Morgan fingerprint density at radius 1 is 1.18 bits per heavy atom. The largest absolute Gasteiger partial charge is 0.444 e. The van der Waals surface area contributed by atoms with Crippen LogP contribution in [0.1, 0.15) is 56.2 Å². The van der Waals surface area contributed by atoms with Crippen molar-refractivity contribution in [2.45, 2.75) is 64.6 Å². The average Bonchev–Trinajstić information content (AvgIpc) is 3.33. The summed E-state index contributed by atoms with van der Waals surface area (Å²) in [7, 11) is 0.